The molecular weight excluding hydrogens is 370 g/mol. The molecule has 0 radical (unpaired) electrons. The number of carbonyl (C=O) groups is 1. The van der Waals surface area contributed by atoms with Crippen LogP contribution < -0.4 is 19.5 Å². The molecule has 0 aliphatic carbocycles. The molecule has 0 aliphatic heterocycles. The molecule has 29 heavy (non-hydrogen) atoms. The third-order valence-electron chi connectivity index (χ3n) is 4.36. The molecule has 2 aromatic carbocycles. The highest BCUT2D eigenvalue weighted by atomic mass is 16.5. The van der Waals surface area contributed by atoms with Crippen LogP contribution in [-0.2, 0) is 0 Å². The maximum Gasteiger partial charge on any atom is 0.270 e. The fourth-order valence-electron chi connectivity index (χ4n) is 2.94. The largest absolute Gasteiger partial charge is 0.497 e. The Morgan fingerprint density at radius 2 is 1.59 bits per heavy atom. The first-order valence-electron chi connectivity index (χ1n) is 9.24. The van der Waals surface area contributed by atoms with Crippen LogP contribution in [0.2, 0.25) is 0 Å². The van der Waals surface area contributed by atoms with Crippen molar-refractivity contribution in [2.24, 2.45) is 0 Å². The molecule has 0 unspecified atom stereocenters. The van der Waals surface area contributed by atoms with Crippen LogP contribution in [-0.4, -0.2) is 43.1 Å². The maximum atomic E-state index is 12.8. The first-order chi connectivity index (χ1) is 14.0. The monoisotopic (exact) mass is 395 g/mol. The number of nitrogens with zero attached hydrogens (tertiary/aromatic N) is 2. The molecule has 7 heteroatoms. The molecule has 1 aromatic heterocycles. The average Bonchev–Trinajstić information content (AvgIpc) is 3.18. The Morgan fingerprint density at radius 1 is 0.931 bits per heavy atom. The van der Waals surface area contributed by atoms with Crippen molar-refractivity contribution >= 4 is 5.91 Å². The Balaban J connectivity index is 2.12. The number of nitrogens with one attached hydrogen (secondary N) is 1. The van der Waals surface area contributed by atoms with Crippen molar-refractivity contribution in [3.63, 3.8) is 0 Å². The van der Waals surface area contributed by atoms with E-state index in [-0.39, 0.29) is 11.9 Å². The zero-order valence-electron chi connectivity index (χ0n) is 17.2. The van der Waals surface area contributed by atoms with Gasteiger partial charge in [-0.25, -0.2) is 4.68 Å². The highest BCUT2D eigenvalue weighted by molar-refractivity contribution is 5.94. The topological polar surface area (TPSA) is 74.6 Å². The van der Waals surface area contributed by atoms with Gasteiger partial charge in [-0.05, 0) is 56.3 Å². The summed E-state index contributed by atoms with van der Waals surface area (Å²) in [5, 5.41) is 7.62. The van der Waals surface area contributed by atoms with Gasteiger partial charge in [0.25, 0.3) is 5.91 Å². The van der Waals surface area contributed by atoms with Crippen molar-refractivity contribution in [3.05, 3.63) is 54.2 Å². The fraction of sp³-hybridized carbons (Fsp3) is 0.273. The van der Waals surface area contributed by atoms with Crippen LogP contribution in [0.3, 0.4) is 0 Å². The minimum Gasteiger partial charge on any atom is -0.497 e. The van der Waals surface area contributed by atoms with Gasteiger partial charge in [-0.2, -0.15) is 5.10 Å². The smallest absolute Gasteiger partial charge is 0.270 e. The summed E-state index contributed by atoms with van der Waals surface area (Å²) in [7, 11) is 4.80. The SMILES string of the molecule is COc1ccc(-n2nc(-c3ccc(OC)cc3OC)cc2C(=O)NC(C)C)cc1. The number of rotatable bonds is 7. The molecule has 3 aromatic rings. The molecule has 1 N–H and O–H groups in total. The third-order valence-corrected chi connectivity index (χ3v) is 4.36. The second-order valence-corrected chi connectivity index (χ2v) is 6.72. The molecule has 0 saturated carbocycles. The normalized spacial score (nSPS) is 10.7. The number of ether oxygens (including phenoxy) is 3. The van der Waals surface area contributed by atoms with E-state index >= 15 is 0 Å². The Labute approximate surface area is 170 Å². The van der Waals surface area contributed by atoms with Crippen LogP contribution in [0.25, 0.3) is 16.9 Å². The zero-order valence-corrected chi connectivity index (χ0v) is 17.2. The van der Waals surface area contributed by atoms with E-state index in [4.69, 9.17) is 19.3 Å². The van der Waals surface area contributed by atoms with Gasteiger partial charge in [0.05, 0.1) is 32.7 Å². The standard InChI is InChI=1S/C22H25N3O4/c1-14(2)23-22(26)20-13-19(18-11-10-17(28-4)12-21(18)29-5)24-25(20)15-6-8-16(27-3)9-7-15/h6-14H,1-5H3,(H,23,26). The third kappa shape index (κ3) is 4.34. The Bertz CT molecular complexity index is 994. The lowest BCUT2D eigenvalue weighted by Crippen LogP contribution is -2.31. The summed E-state index contributed by atoms with van der Waals surface area (Å²) in [6, 6.07) is 14.6. The summed E-state index contributed by atoms with van der Waals surface area (Å²) < 4.78 is 17.6. The van der Waals surface area contributed by atoms with Gasteiger partial charge in [0.15, 0.2) is 0 Å². The van der Waals surface area contributed by atoms with E-state index in [0.717, 1.165) is 17.0 Å². The molecule has 0 bridgehead atoms. The Morgan fingerprint density at radius 3 is 2.17 bits per heavy atom. The number of hydrogen-bond donors (Lipinski definition) is 1. The Hall–Kier alpha value is -3.48. The lowest BCUT2D eigenvalue weighted by Gasteiger charge is -2.11. The fourth-order valence-corrected chi connectivity index (χ4v) is 2.94. The first kappa shape index (κ1) is 20.3. The summed E-state index contributed by atoms with van der Waals surface area (Å²) in [5.41, 5.74) is 2.56. The van der Waals surface area contributed by atoms with Crippen LogP contribution in [0.1, 0.15) is 24.3 Å². The first-order valence-corrected chi connectivity index (χ1v) is 9.24. The van der Waals surface area contributed by atoms with Gasteiger partial charge < -0.3 is 19.5 Å². The van der Waals surface area contributed by atoms with Crippen molar-refractivity contribution in [1.29, 1.82) is 0 Å². The number of aromatic nitrogens is 2. The highest BCUT2D eigenvalue weighted by Crippen LogP contribution is 2.33. The van der Waals surface area contributed by atoms with Gasteiger partial charge in [0, 0.05) is 17.7 Å². The number of hydrogen-bond acceptors (Lipinski definition) is 5. The second kappa shape index (κ2) is 8.68. The number of benzene rings is 2. The molecular formula is C22H25N3O4. The lowest BCUT2D eigenvalue weighted by molar-refractivity contribution is 0.0935. The lowest BCUT2D eigenvalue weighted by atomic mass is 10.1. The van der Waals surface area contributed by atoms with Crippen LogP contribution in [0.15, 0.2) is 48.5 Å². The molecule has 0 saturated heterocycles. The molecule has 152 valence electrons. The number of amides is 1. The van der Waals surface area contributed by atoms with E-state index < -0.39 is 0 Å². The summed E-state index contributed by atoms with van der Waals surface area (Å²) in [6.07, 6.45) is 0. The van der Waals surface area contributed by atoms with Crippen molar-refractivity contribution < 1.29 is 19.0 Å². The van der Waals surface area contributed by atoms with Crippen LogP contribution in [0.4, 0.5) is 0 Å². The van der Waals surface area contributed by atoms with Crippen molar-refractivity contribution in [2.45, 2.75) is 19.9 Å². The second-order valence-electron chi connectivity index (χ2n) is 6.72. The minimum atomic E-state index is -0.206. The van der Waals surface area contributed by atoms with Gasteiger partial charge in [0.1, 0.15) is 22.9 Å². The number of carbonyl (C=O) groups excluding carboxylic acids is 1. The van der Waals surface area contributed by atoms with Crippen LogP contribution in [0, 0.1) is 0 Å². The molecule has 0 spiro atoms. The van der Waals surface area contributed by atoms with Gasteiger partial charge in [-0.3, -0.25) is 4.79 Å². The van der Waals surface area contributed by atoms with Gasteiger partial charge in [-0.1, -0.05) is 0 Å². The molecule has 0 fully saturated rings. The molecule has 1 amide bonds. The molecule has 0 aliphatic rings. The zero-order chi connectivity index (χ0) is 21.0. The number of methoxy groups -OCH3 is 3. The van der Waals surface area contributed by atoms with Gasteiger partial charge in [0.2, 0.25) is 0 Å². The van der Waals surface area contributed by atoms with Crippen LogP contribution in [0.5, 0.6) is 17.2 Å². The summed E-state index contributed by atoms with van der Waals surface area (Å²) in [5.74, 6) is 1.81. The maximum absolute atomic E-state index is 12.8. The minimum absolute atomic E-state index is 0.000639. The Kier molecular flexibility index (Phi) is 6.07. The van der Waals surface area contributed by atoms with E-state index in [0.29, 0.717) is 22.9 Å². The van der Waals surface area contributed by atoms with E-state index in [1.807, 2.05) is 50.2 Å². The van der Waals surface area contributed by atoms with Gasteiger partial charge >= 0.3 is 0 Å². The average molecular weight is 395 g/mol. The highest BCUT2D eigenvalue weighted by Gasteiger charge is 2.20. The summed E-state index contributed by atoms with van der Waals surface area (Å²) in [4.78, 5) is 12.8. The van der Waals surface area contributed by atoms with Crippen molar-refractivity contribution in [2.75, 3.05) is 21.3 Å². The van der Waals surface area contributed by atoms with Gasteiger partial charge in [-0.15, -0.1) is 0 Å². The summed E-state index contributed by atoms with van der Waals surface area (Å²) >= 11 is 0. The van der Waals surface area contributed by atoms with E-state index in [9.17, 15) is 4.79 Å². The predicted molar refractivity (Wildman–Crippen MR) is 111 cm³/mol. The van der Waals surface area contributed by atoms with E-state index in [1.165, 1.54) is 0 Å². The van der Waals surface area contributed by atoms with Crippen molar-refractivity contribution in [3.8, 4) is 34.2 Å². The van der Waals surface area contributed by atoms with E-state index in [2.05, 4.69) is 5.32 Å². The van der Waals surface area contributed by atoms with E-state index in [1.54, 1.807) is 38.1 Å². The molecule has 7 nitrogen and oxygen atoms in total. The molecule has 0 atom stereocenters. The molecule has 3 rings (SSSR count). The quantitative estimate of drug-likeness (QED) is 0.660. The van der Waals surface area contributed by atoms with Crippen molar-refractivity contribution in [1.82, 2.24) is 15.1 Å². The predicted octanol–water partition coefficient (Wildman–Crippen LogP) is 3.70. The summed E-state index contributed by atoms with van der Waals surface area (Å²) in [6.45, 7) is 3.83. The van der Waals surface area contributed by atoms with Crippen LogP contribution >= 0.6 is 0 Å². The molecule has 1 heterocycles.